The number of Topliss-reactive ketones (excluding diaryl/α,β-unsaturated/α-hetero) is 1. The molecule has 2 atom stereocenters. The smallest absolute Gasteiger partial charge is 0.471 e. The van der Waals surface area contributed by atoms with E-state index in [1.54, 1.807) is 49.6 Å². The molecule has 1 amide bonds. The summed E-state index contributed by atoms with van der Waals surface area (Å²) < 4.78 is 58.3. The lowest BCUT2D eigenvalue weighted by Crippen LogP contribution is -2.45. The Morgan fingerprint density at radius 1 is 0.875 bits per heavy atom. The van der Waals surface area contributed by atoms with E-state index in [9.17, 15) is 22.8 Å². The van der Waals surface area contributed by atoms with E-state index in [2.05, 4.69) is 5.32 Å². The number of halogens is 3. The monoisotopic (exact) mass is 552 g/mol. The van der Waals surface area contributed by atoms with Gasteiger partial charge in [-0.05, 0) is 59.9 Å². The summed E-state index contributed by atoms with van der Waals surface area (Å²) in [6, 6.07) is 16.8. The van der Waals surface area contributed by atoms with Crippen LogP contribution in [0.4, 0.5) is 24.5 Å². The third kappa shape index (κ3) is 4.85. The van der Waals surface area contributed by atoms with E-state index in [0.717, 1.165) is 5.56 Å². The molecule has 1 aliphatic carbocycles. The average molecular weight is 553 g/mol. The summed E-state index contributed by atoms with van der Waals surface area (Å²) in [5.41, 5.74) is 2.03. The SMILES string of the molecule is COc1ccc([C@H]2CC(=O)C3=C(C2)Nc2ccccc2N(C(=O)C(F)(F)F)[C@H]3c2ccc(OC)c(OC)c2)cc1. The number of allylic oxidation sites excluding steroid dienone is 1. The van der Waals surface area contributed by atoms with Crippen molar-refractivity contribution in [2.75, 3.05) is 31.5 Å². The Labute approximate surface area is 229 Å². The molecule has 1 aliphatic heterocycles. The van der Waals surface area contributed by atoms with Crippen molar-refractivity contribution in [3.8, 4) is 17.2 Å². The molecule has 7 nitrogen and oxygen atoms in total. The summed E-state index contributed by atoms with van der Waals surface area (Å²) in [4.78, 5) is 27.7. The molecule has 3 aromatic carbocycles. The Bertz CT molecular complexity index is 1480. The second-order valence-corrected chi connectivity index (χ2v) is 9.53. The van der Waals surface area contributed by atoms with Crippen LogP contribution in [-0.4, -0.2) is 39.2 Å². The number of amides is 1. The zero-order valence-corrected chi connectivity index (χ0v) is 22.0. The first-order chi connectivity index (χ1) is 19.2. The van der Waals surface area contributed by atoms with Gasteiger partial charge in [-0.25, -0.2) is 0 Å². The number of fused-ring (bicyclic) bond motifs is 1. The van der Waals surface area contributed by atoms with Crippen LogP contribution in [0.5, 0.6) is 17.2 Å². The number of ketones is 1. The van der Waals surface area contributed by atoms with Crippen molar-refractivity contribution in [1.29, 1.82) is 0 Å². The minimum absolute atomic E-state index is 0.00723. The van der Waals surface area contributed by atoms with Crippen molar-refractivity contribution in [3.05, 3.63) is 89.1 Å². The summed E-state index contributed by atoms with van der Waals surface area (Å²) >= 11 is 0. The Morgan fingerprint density at radius 3 is 2.20 bits per heavy atom. The maximum Gasteiger partial charge on any atom is 0.471 e. The summed E-state index contributed by atoms with van der Waals surface area (Å²) in [5.74, 6) is -1.39. The number of anilines is 2. The van der Waals surface area contributed by atoms with E-state index >= 15 is 0 Å². The fourth-order valence-electron chi connectivity index (χ4n) is 5.40. The van der Waals surface area contributed by atoms with Gasteiger partial charge >= 0.3 is 12.1 Å². The molecule has 0 unspecified atom stereocenters. The first-order valence-electron chi connectivity index (χ1n) is 12.5. The second-order valence-electron chi connectivity index (χ2n) is 9.53. The zero-order chi connectivity index (χ0) is 28.6. The maximum atomic E-state index is 14.1. The molecule has 10 heteroatoms. The van der Waals surface area contributed by atoms with Crippen molar-refractivity contribution in [2.24, 2.45) is 0 Å². The average Bonchev–Trinajstić information content (AvgIpc) is 3.10. The van der Waals surface area contributed by atoms with E-state index in [1.807, 2.05) is 12.1 Å². The highest BCUT2D eigenvalue weighted by Crippen LogP contribution is 2.49. The molecule has 0 saturated heterocycles. The molecule has 3 aromatic rings. The van der Waals surface area contributed by atoms with Crippen LogP contribution in [-0.2, 0) is 9.59 Å². The van der Waals surface area contributed by atoms with Gasteiger partial charge in [-0.15, -0.1) is 0 Å². The number of hydrogen-bond donors (Lipinski definition) is 1. The van der Waals surface area contributed by atoms with Crippen LogP contribution in [0.15, 0.2) is 78.0 Å². The molecule has 0 fully saturated rings. The number of alkyl halides is 3. The quantitative estimate of drug-likeness (QED) is 0.408. The number of benzene rings is 3. The Morgan fingerprint density at radius 2 is 1.55 bits per heavy atom. The highest BCUT2D eigenvalue weighted by Gasteiger charge is 2.50. The second kappa shape index (κ2) is 10.6. The number of ether oxygens (including phenoxy) is 3. The maximum absolute atomic E-state index is 14.1. The van der Waals surface area contributed by atoms with Crippen LogP contribution >= 0.6 is 0 Å². The number of carbonyl (C=O) groups is 2. The van der Waals surface area contributed by atoms with Crippen LogP contribution in [0, 0.1) is 0 Å². The molecule has 40 heavy (non-hydrogen) atoms. The highest BCUT2D eigenvalue weighted by molar-refractivity contribution is 6.07. The highest BCUT2D eigenvalue weighted by atomic mass is 19.4. The predicted molar refractivity (Wildman–Crippen MR) is 143 cm³/mol. The van der Waals surface area contributed by atoms with E-state index < -0.39 is 18.1 Å². The van der Waals surface area contributed by atoms with E-state index in [1.165, 1.54) is 26.4 Å². The van der Waals surface area contributed by atoms with E-state index in [4.69, 9.17) is 14.2 Å². The number of para-hydroxylation sites is 2. The number of hydrogen-bond acceptors (Lipinski definition) is 6. The fraction of sp³-hybridized carbons (Fsp3) is 0.267. The first kappa shape index (κ1) is 27.1. The van der Waals surface area contributed by atoms with Gasteiger partial charge in [-0.1, -0.05) is 30.3 Å². The summed E-state index contributed by atoms with van der Waals surface area (Å²) in [5, 5.41) is 3.22. The largest absolute Gasteiger partial charge is 0.497 e. The van der Waals surface area contributed by atoms with Crippen molar-refractivity contribution >= 4 is 23.1 Å². The predicted octanol–water partition coefficient (Wildman–Crippen LogP) is 6.18. The topological polar surface area (TPSA) is 77.1 Å². The van der Waals surface area contributed by atoms with Gasteiger partial charge in [0.05, 0.1) is 38.7 Å². The minimum Gasteiger partial charge on any atom is -0.497 e. The number of rotatable bonds is 5. The Hall–Kier alpha value is -4.47. The van der Waals surface area contributed by atoms with Crippen LogP contribution < -0.4 is 24.4 Å². The molecule has 1 N–H and O–H groups in total. The number of nitrogens with one attached hydrogen (secondary N) is 1. The van der Waals surface area contributed by atoms with Gasteiger partial charge in [0.1, 0.15) is 5.75 Å². The van der Waals surface area contributed by atoms with Gasteiger partial charge in [0.25, 0.3) is 0 Å². The number of methoxy groups -OCH3 is 3. The standard InChI is InChI=1S/C30H27F3N2O5/c1-38-20-11-8-17(9-12-20)19-14-22-27(24(36)15-19)28(18-10-13-25(39-2)26(16-18)40-3)35(29(37)30(31,32)33)23-7-5-4-6-21(23)34-22/h4-13,16,19,28,34H,14-15H2,1-3H3/t19-,28+/m1/s1. The molecule has 2 aliphatic rings. The van der Waals surface area contributed by atoms with Gasteiger partial charge in [-0.2, -0.15) is 13.2 Å². The molecule has 208 valence electrons. The van der Waals surface area contributed by atoms with Crippen molar-refractivity contribution in [3.63, 3.8) is 0 Å². The van der Waals surface area contributed by atoms with Gasteiger partial charge in [0.2, 0.25) is 0 Å². The van der Waals surface area contributed by atoms with Gasteiger partial charge in [-0.3, -0.25) is 14.5 Å². The van der Waals surface area contributed by atoms with E-state index in [0.29, 0.717) is 34.2 Å². The van der Waals surface area contributed by atoms with Crippen LogP contribution in [0.1, 0.15) is 35.9 Å². The molecule has 1 heterocycles. The summed E-state index contributed by atoms with van der Waals surface area (Å²) in [6.45, 7) is 0. The zero-order valence-electron chi connectivity index (χ0n) is 22.0. The third-order valence-electron chi connectivity index (χ3n) is 7.26. The summed E-state index contributed by atoms with van der Waals surface area (Å²) in [6.07, 6.45) is -4.79. The lowest BCUT2D eigenvalue weighted by molar-refractivity contribution is -0.170. The lowest BCUT2D eigenvalue weighted by atomic mass is 9.78. The van der Waals surface area contributed by atoms with Crippen LogP contribution in [0.3, 0.4) is 0 Å². The van der Waals surface area contributed by atoms with Crippen LogP contribution in [0.2, 0.25) is 0 Å². The normalized spacial score (nSPS) is 18.8. The molecule has 0 radical (unpaired) electrons. The minimum atomic E-state index is -5.20. The number of nitrogens with zero attached hydrogens (tertiary/aromatic N) is 1. The van der Waals surface area contributed by atoms with Gasteiger partial charge in [0, 0.05) is 17.7 Å². The number of carbonyl (C=O) groups excluding carboxylic acids is 2. The van der Waals surface area contributed by atoms with Crippen molar-refractivity contribution in [2.45, 2.75) is 31.0 Å². The first-order valence-corrected chi connectivity index (χ1v) is 12.5. The van der Waals surface area contributed by atoms with E-state index in [-0.39, 0.29) is 40.7 Å². The van der Waals surface area contributed by atoms with Crippen molar-refractivity contribution < 1.29 is 37.0 Å². The third-order valence-corrected chi connectivity index (χ3v) is 7.26. The molecule has 0 saturated carbocycles. The summed E-state index contributed by atoms with van der Waals surface area (Å²) in [7, 11) is 4.40. The Balaban J connectivity index is 1.72. The lowest BCUT2D eigenvalue weighted by Gasteiger charge is -2.35. The molecular weight excluding hydrogens is 525 g/mol. The molecule has 0 bridgehead atoms. The molecule has 5 rings (SSSR count). The van der Waals surface area contributed by atoms with Gasteiger partial charge in [0.15, 0.2) is 17.3 Å². The molecular formula is C30H27F3N2O5. The molecule has 0 spiro atoms. The van der Waals surface area contributed by atoms with Gasteiger partial charge < -0.3 is 19.5 Å². The van der Waals surface area contributed by atoms with Crippen LogP contribution in [0.25, 0.3) is 0 Å². The molecule has 0 aromatic heterocycles. The fourth-order valence-corrected chi connectivity index (χ4v) is 5.40. The Kier molecular flexibility index (Phi) is 7.18. The van der Waals surface area contributed by atoms with Crippen molar-refractivity contribution in [1.82, 2.24) is 0 Å².